The van der Waals surface area contributed by atoms with Gasteiger partial charge in [0.05, 0.1) is 12.7 Å². The van der Waals surface area contributed by atoms with Gasteiger partial charge >= 0.3 is 7.12 Å². The largest absolute Gasteiger partial charge is 0.493 e. The van der Waals surface area contributed by atoms with E-state index in [1.165, 1.54) is 0 Å². The number of benzene rings is 1. The highest BCUT2D eigenvalue weighted by Crippen LogP contribution is 2.27. The molecule has 1 fully saturated rings. The zero-order valence-electron chi connectivity index (χ0n) is 8.91. The fourth-order valence-corrected chi connectivity index (χ4v) is 1.79. The Morgan fingerprint density at radius 3 is 2.31 bits per heavy atom. The Bertz CT molecular complexity index is 332. The summed E-state index contributed by atoms with van der Waals surface area (Å²) in [7, 11) is -1.43. The van der Waals surface area contributed by atoms with Crippen LogP contribution in [-0.2, 0) is 0 Å². The lowest BCUT2D eigenvalue weighted by Gasteiger charge is -2.30. The maximum absolute atomic E-state index is 9.10. The van der Waals surface area contributed by atoms with Crippen molar-refractivity contribution in [3.63, 3.8) is 0 Å². The molecule has 0 radical (unpaired) electrons. The molecule has 0 saturated heterocycles. The van der Waals surface area contributed by atoms with Crippen LogP contribution in [0.3, 0.4) is 0 Å². The van der Waals surface area contributed by atoms with Crippen LogP contribution in [0.15, 0.2) is 24.3 Å². The average Bonchev–Trinajstić information content (AvgIpc) is 2.23. The van der Waals surface area contributed by atoms with Crippen molar-refractivity contribution in [2.45, 2.75) is 18.9 Å². The maximum atomic E-state index is 9.10. The molecule has 0 aromatic heterocycles. The summed E-state index contributed by atoms with van der Waals surface area (Å²) in [4.78, 5) is 0. The lowest BCUT2D eigenvalue weighted by Crippen LogP contribution is -2.32. The van der Waals surface area contributed by atoms with Crippen LogP contribution >= 0.6 is 0 Å². The number of rotatable bonds is 4. The molecule has 16 heavy (non-hydrogen) atoms. The third-order valence-electron chi connectivity index (χ3n) is 2.87. The monoisotopic (exact) mass is 222 g/mol. The maximum Gasteiger partial charge on any atom is 0.488 e. The van der Waals surface area contributed by atoms with Crippen molar-refractivity contribution in [3.05, 3.63) is 24.3 Å². The molecule has 86 valence electrons. The third-order valence-corrected chi connectivity index (χ3v) is 2.87. The minimum atomic E-state index is -1.43. The highest BCUT2D eigenvalue weighted by atomic mass is 16.5. The Kier molecular flexibility index (Phi) is 3.48. The van der Waals surface area contributed by atoms with Gasteiger partial charge in [0.25, 0.3) is 0 Å². The van der Waals surface area contributed by atoms with Crippen LogP contribution in [0.1, 0.15) is 12.8 Å². The fraction of sp³-hybridized carbons (Fsp3) is 0.455. The summed E-state index contributed by atoms with van der Waals surface area (Å²) in [5.74, 6) is 1.16. The van der Waals surface area contributed by atoms with Gasteiger partial charge in [-0.1, -0.05) is 12.1 Å². The normalized spacial score (nSPS) is 23.7. The Labute approximate surface area is 94.6 Å². The molecular weight excluding hydrogens is 207 g/mol. The first-order valence-corrected chi connectivity index (χ1v) is 5.42. The van der Waals surface area contributed by atoms with E-state index in [9.17, 15) is 0 Å². The minimum absolute atomic E-state index is 0.152. The van der Waals surface area contributed by atoms with E-state index in [2.05, 4.69) is 0 Å². The predicted octanol–water partition coefficient (Wildman–Crippen LogP) is -0.484. The first-order valence-electron chi connectivity index (χ1n) is 5.42. The second kappa shape index (κ2) is 4.87. The molecule has 4 nitrogen and oxygen atoms in total. The number of hydrogen-bond donors (Lipinski definition) is 3. The first-order chi connectivity index (χ1) is 7.65. The Balaban J connectivity index is 1.81. The summed E-state index contributed by atoms with van der Waals surface area (Å²) >= 11 is 0. The SMILES string of the molecule is OB(O)c1ccc(OCC2CC(O)C2)cc1. The number of ether oxygens (including phenoxy) is 1. The predicted molar refractivity (Wildman–Crippen MR) is 60.5 cm³/mol. The molecule has 0 heterocycles. The molecule has 1 aliphatic rings. The van der Waals surface area contributed by atoms with Crippen molar-refractivity contribution in [3.8, 4) is 5.75 Å². The van der Waals surface area contributed by atoms with Crippen molar-refractivity contribution in [2.24, 2.45) is 5.92 Å². The lowest BCUT2D eigenvalue weighted by molar-refractivity contribution is 0.0203. The van der Waals surface area contributed by atoms with E-state index in [1.807, 2.05) is 0 Å². The van der Waals surface area contributed by atoms with Crippen LogP contribution < -0.4 is 10.2 Å². The van der Waals surface area contributed by atoms with Crippen LogP contribution in [0, 0.1) is 5.92 Å². The molecule has 1 saturated carbocycles. The number of hydrogen-bond acceptors (Lipinski definition) is 4. The Hall–Kier alpha value is -1.04. The molecule has 0 unspecified atom stereocenters. The van der Waals surface area contributed by atoms with Gasteiger partial charge in [-0.05, 0) is 36.4 Å². The van der Waals surface area contributed by atoms with Gasteiger partial charge in [0.2, 0.25) is 0 Å². The summed E-state index contributed by atoms with van der Waals surface area (Å²) in [5.41, 5.74) is 0.450. The number of aliphatic hydroxyl groups is 1. The molecule has 1 aliphatic carbocycles. The standard InChI is InChI=1S/C11H15BO4/c13-10-5-8(6-10)7-16-11-3-1-9(2-4-11)12(14)15/h1-4,8,10,13-15H,5-7H2. The Morgan fingerprint density at radius 2 is 1.81 bits per heavy atom. The van der Waals surface area contributed by atoms with Crippen LogP contribution in [0.5, 0.6) is 5.75 Å². The number of aliphatic hydroxyl groups excluding tert-OH is 1. The molecule has 0 atom stereocenters. The third kappa shape index (κ3) is 2.75. The van der Waals surface area contributed by atoms with Gasteiger partial charge < -0.3 is 19.9 Å². The summed E-state index contributed by atoms with van der Waals surface area (Å²) in [6.45, 7) is 0.609. The average molecular weight is 222 g/mol. The van der Waals surface area contributed by atoms with E-state index >= 15 is 0 Å². The summed E-state index contributed by atoms with van der Waals surface area (Å²) in [6, 6.07) is 6.67. The van der Waals surface area contributed by atoms with Crippen LogP contribution in [-0.4, -0.2) is 35.0 Å². The van der Waals surface area contributed by atoms with Gasteiger partial charge in [-0.25, -0.2) is 0 Å². The smallest absolute Gasteiger partial charge is 0.488 e. The van der Waals surface area contributed by atoms with Gasteiger partial charge in [-0.2, -0.15) is 0 Å². The fourth-order valence-electron chi connectivity index (χ4n) is 1.79. The highest BCUT2D eigenvalue weighted by Gasteiger charge is 2.27. The Morgan fingerprint density at radius 1 is 1.19 bits per heavy atom. The highest BCUT2D eigenvalue weighted by molar-refractivity contribution is 6.58. The lowest BCUT2D eigenvalue weighted by atomic mass is 9.80. The van der Waals surface area contributed by atoms with E-state index in [1.54, 1.807) is 24.3 Å². The van der Waals surface area contributed by atoms with Crippen molar-refractivity contribution >= 4 is 12.6 Å². The van der Waals surface area contributed by atoms with Crippen LogP contribution in [0.2, 0.25) is 0 Å². The zero-order chi connectivity index (χ0) is 11.5. The quantitative estimate of drug-likeness (QED) is 0.601. The molecule has 1 aromatic carbocycles. The van der Waals surface area contributed by atoms with Gasteiger partial charge in [0.15, 0.2) is 0 Å². The van der Waals surface area contributed by atoms with E-state index in [4.69, 9.17) is 19.9 Å². The summed E-state index contributed by atoms with van der Waals surface area (Å²) in [6.07, 6.45) is 1.47. The topological polar surface area (TPSA) is 69.9 Å². The summed E-state index contributed by atoms with van der Waals surface area (Å²) in [5, 5.41) is 26.9. The first kappa shape index (κ1) is 11.5. The molecule has 2 rings (SSSR count). The van der Waals surface area contributed by atoms with Crippen molar-refractivity contribution in [1.82, 2.24) is 0 Å². The second-order valence-corrected chi connectivity index (χ2v) is 4.24. The second-order valence-electron chi connectivity index (χ2n) is 4.24. The van der Waals surface area contributed by atoms with Crippen molar-refractivity contribution in [2.75, 3.05) is 6.61 Å². The summed E-state index contributed by atoms with van der Waals surface area (Å²) < 4.78 is 5.52. The zero-order valence-corrected chi connectivity index (χ0v) is 8.91. The molecule has 0 amide bonds. The van der Waals surface area contributed by atoms with Crippen molar-refractivity contribution < 1.29 is 19.9 Å². The van der Waals surface area contributed by atoms with Crippen molar-refractivity contribution in [1.29, 1.82) is 0 Å². The van der Waals surface area contributed by atoms with E-state index in [0.29, 0.717) is 23.7 Å². The minimum Gasteiger partial charge on any atom is -0.493 e. The van der Waals surface area contributed by atoms with E-state index in [-0.39, 0.29) is 6.10 Å². The molecule has 0 spiro atoms. The van der Waals surface area contributed by atoms with Gasteiger partial charge in [0, 0.05) is 0 Å². The van der Waals surface area contributed by atoms with Gasteiger partial charge in [-0.15, -0.1) is 0 Å². The van der Waals surface area contributed by atoms with E-state index in [0.717, 1.165) is 12.8 Å². The molecular formula is C11H15BO4. The van der Waals surface area contributed by atoms with Gasteiger partial charge in [-0.3, -0.25) is 0 Å². The molecule has 0 bridgehead atoms. The van der Waals surface area contributed by atoms with Crippen LogP contribution in [0.4, 0.5) is 0 Å². The van der Waals surface area contributed by atoms with Gasteiger partial charge in [0.1, 0.15) is 5.75 Å². The molecule has 5 heteroatoms. The molecule has 3 N–H and O–H groups in total. The molecule has 0 aliphatic heterocycles. The van der Waals surface area contributed by atoms with E-state index < -0.39 is 7.12 Å². The van der Waals surface area contributed by atoms with Crippen LogP contribution in [0.25, 0.3) is 0 Å². The molecule has 1 aromatic rings.